The van der Waals surface area contributed by atoms with E-state index < -0.39 is 10.0 Å². The zero-order chi connectivity index (χ0) is 18.7. The van der Waals surface area contributed by atoms with E-state index in [1.807, 2.05) is 44.2 Å². The molecule has 0 bridgehead atoms. The molecular formula is C21H27NO3S. The van der Waals surface area contributed by atoms with Crippen LogP contribution in [0.15, 0.2) is 53.4 Å². The minimum Gasteiger partial charge on any atom is -0.376 e. The molecular weight excluding hydrogens is 346 g/mol. The van der Waals surface area contributed by atoms with Crippen molar-refractivity contribution in [3.63, 3.8) is 0 Å². The van der Waals surface area contributed by atoms with Crippen molar-refractivity contribution < 1.29 is 13.2 Å². The van der Waals surface area contributed by atoms with Crippen LogP contribution in [0, 0.1) is 19.8 Å². The number of sulfonamides is 1. The molecule has 1 unspecified atom stereocenters. The van der Waals surface area contributed by atoms with Crippen molar-refractivity contribution in [2.24, 2.45) is 5.92 Å². The van der Waals surface area contributed by atoms with Gasteiger partial charge in [0.1, 0.15) is 0 Å². The van der Waals surface area contributed by atoms with Crippen LogP contribution >= 0.6 is 0 Å². The summed E-state index contributed by atoms with van der Waals surface area (Å²) in [5, 5.41) is 0. The van der Waals surface area contributed by atoms with Crippen molar-refractivity contribution >= 4 is 10.0 Å². The van der Waals surface area contributed by atoms with E-state index in [0.717, 1.165) is 29.5 Å². The maximum Gasteiger partial charge on any atom is 0.243 e. The van der Waals surface area contributed by atoms with Gasteiger partial charge in [-0.3, -0.25) is 0 Å². The van der Waals surface area contributed by atoms with Gasteiger partial charge in [0.05, 0.1) is 11.0 Å². The number of methoxy groups -OCH3 is 1. The van der Waals surface area contributed by atoms with E-state index in [2.05, 4.69) is 12.1 Å². The van der Waals surface area contributed by atoms with Gasteiger partial charge in [-0.25, -0.2) is 8.42 Å². The van der Waals surface area contributed by atoms with Gasteiger partial charge in [-0.15, -0.1) is 0 Å². The summed E-state index contributed by atoms with van der Waals surface area (Å²) < 4.78 is 33.5. The van der Waals surface area contributed by atoms with Crippen LogP contribution in [0.2, 0.25) is 0 Å². The smallest absolute Gasteiger partial charge is 0.243 e. The van der Waals surface area contributed by atoms with E-state index in [9.17, 15) is 8.42 Å². The van der Waals surface area contributed by atoms with Crippen LogP contribution in [0.1, 0.15) is 35.6 Å². The highest BCUT2D eigenvalue weighted by Gasteiger charge is 2.33. The average molecular weight is 374 g/mol. The molecule has 1 aliphatic heterocycles. The normalized spacial score (nSPS) is 18.0. The number of rotatable bonds is 5. The second-order valence-corrected chi connectivity index (χ2v) is 8.98. The topological polar surface area (TPSA) is 46.6 Å². The number of benzene rings is 2. The number of piperidine rings is 1. The lowest BCUT2D eigenvalue weighted by atomic mass is 9.88. The molecule has 140 valence electrons. The van der Waals surface area contributed by atoms with Crippen LogP contribution in [0.5, 0.6) is 0 Å². The molecule has 1 heterocycles. The lowest BCUT2D eigenvalue weighted by Gasteiger charge is -2.35. The van der Waals surface area contributed by atoms with E-state index in [4.69, 9.17) is 4.74 Å². The largest absolute Gasteiger partial charge is 0.376 e. The average Bonchev–Trinajstić information content (AvgIpc) is 2.65. The van der Waals surface area contributed by atoms with Gasteiger partial charge in [0.2, 0.25) is 10.0 Å². The Labute approximate surface area is 156 Å². The van der Waals surface area contributed by atoms with Crippen molar-refractivity contribution in [1.82, 2.24) is 4.31 Å². The first kappa shape index (κ1) is 19.1. The van der Waals surface area contributed by atoms with E-state index in [1.54, 1.807) is 17.5 Å². The van der Waals surface area contributed by atoms with Gasteiger partial charge in [0.15, 0.2) is 0 Å². The van der Waals surface area contributed by atoms with Crippen molar-refractivity contribution in [3.05, 3.63) is 65.2 Å². The molecule has 1 atom stereocenters. The number of hydrogen-bond acceptors (Lipinski definition) is 3. The molecule has 1 saturated heterocycles. The first-order valence-corrected chi connectivity index (χ1v) is 10.5. The third kappa shape index (κ3) is 3.85. The minimum atomic E-state index is -3.44. The molecule has 0 N–H and O–H groups in total. The summed E-state index contributed by atoms with van der Waals surface area (Å²) in [6.45, 7) is 4.85. The predicted octanol–water partition coefficient (Wildman–Crippen LogP) is 4.09. The zero-order valence-corrected chi connectivity index (χ0v) is 16.5. The van der Waals surface area contributed by atoms with Gasteiger partial charge >= 0.3 is 0 Å². The minimum absolute atomic E-state index is 0.0155. The lowest BCUT2D eigenvalue weighted by Crippen LogP contribution is -2.40. The van der Waals surface area contributed by atoms with Crippen molar-refractivity contribution in [1.29, 1.82) is 0 Å². The Morgan fingerprint density at radius 2 is 1.69 bits per heavy atom. The Morgan fingerprint density at radius 1 is 1.04 bits per heavy atom. The number of hydrogen-bond donors (Lipinski definition) is 0. The van der Waals surface area contributed by atoms with Gasteiger partial charge in [-0.2, -0.15) is 4.31 Å². The molecule has 0 saturated carbocycles. The predicted molar refractivity (Wildman–Crippen MR) is 104 cm³/mol. The third-order valence-corrected chi connectivity index (χ3v) is 7.31. The van der Waals surface area contributed by atoms with E-state index >= 15 is 0 Å². The monoisotopic (exact) mass is 373 g/mol. The maximum absolute atomic E-state index is 13.1. The second-order valence-electron chi connectivity index (χ2n) is 7.08. The second kappa shape index (κ2) is 7.91. The van der Waals surface area contributed by atoms with E-state index in [-0.39, 0.29) is 6.10 Å². The van der Waals surface area contributed by atoms with Gasteiger partial charge in [-0.1, -0.05) is 42.5 Å². The van der Waals surface area contributed by atoms with Crippen LogP contribution in [0.4, 0.5) is 0 Å². The summed E-state index contributed by atoms with van der Waals surface area (Å²) in [7, 11) is -1.71. The van der Waals surface area contributed by atoms with Crippen LogP contribution < -0.4 is 0 Å². The van der Waals surface area contributed by atoms with Gasteiger partial charge < -0.3 is 4.74 Å². The molecule has 1 fully saturated rings. The molecule has 0 spiro atoms. The summed E-state index contributed by atoms with van der Waals surface area (Å²) in [5.74, 6) is 0.326. The van der Waals surface area contributed by atoms with Crippen LogP contribution in [-0.4, -0.2) is 32.9 Å². The number of aryl methyl sites for hydroxylation is 2. The highest BCUT2D eigenvalue weighted by molar-refractivity contribution is 7.89. The fourth-order valence-corrected chi connectivity index (χ4v) is 5.57. The van der Waals surface area contributed by atoms with Gasteiger partial charge in [0, 0.05) is 20.2 Å². The lowest BCUT2D eigenvalue weighted by molar-refractivity contribution is 0.0303. The van der Waals surface area contributed by atoms with Crippen LogP contribution in [0.25, 0.3) is 0 Å². The number of nitrogens with zero attached hydrogens (tertiary/aromatic N) is 1. The molecule has 0 amide bonds. The quantitative estimate of drug-likeness (QED) is 0.793. The molecule has 2 aromatic carbocycles. The van der Waals surface area contributed by atoms with Crippen molar-refractivity contribution in [2.45, 2.75) is 37.7 Å². The highest BCUT2D eigenvalue weighted by atomic mass is 32.2. The SMILES string of the molecule is COC(c1ccccc1)C1CCN(S(=O)(=O)c2cc(C)ccc2C)CC1. The Hall–Kier alpha value is -1.69. The molecule has 1 aliphatic rings. The molecule has 4 nitrogen and oxygen atoms in total. The van der Waals surface area contributed by atoms with Gasteiger partial charge in [-0.05, 0) is 55.4 Å². The first-order valence-electron chi connectivity index (χ1n) is 9.08. The Kier molecular flexibility index (Phi) is 5.80. The zero-order valence-electron chi connectivity index (χ0n) is 15.7. The first-order chi connectivity index (χ1) is 12.4. The Bertz CT molecular complexity index is 841. The summed E-state index contributed by atoms with van der Waals surface area (Å²) in [6.07, 6.45) is 1.62. The van der Waals surface area contributed by atoms with E-state index in [1.165, 1.54) is 0 Å². The highest BCUT2D eigenvalue weighted by Crippen LogP contribution is 2.35. The van der Waals surface area contributed by atoms with Crippen molar-refractivity contribution in [2.75, 3.05) is 20.2 Å². The van der Waals surface area contributed by atoms with Crippen LogP contribution in [0.3, 0.4) is 0 Å². The molecule has 2 aromatic rings. The van der Waals surface area contributed by atoms with Crippen molar-refractivity contribution in [3.8, 4) is 0 Å². The van der Waals surface area contributed by atoms with E-state index in [0.29, 0.717) is 23.9 Å². The van der Waals surface area contributed by atoms with Gasteiger partial charge in [0.25, 0.3) is 0 Å². The summed E-state index contributed by atoms with van der Waals surface area (Å²) in [4.78, 5) is 0.433. The third-order valence-electron chi connectivity index (χ3n) is 5.27. The maximum atomic E-state index is 13.1. The molecule has 3 rings (SSSR count). The van der Waals surface area contributed by atoms with Crippen LogP contribution in [-0.2, 0) is 14.8 Å². The molecule has 0 aromatic heterocycles. The Balaban J connectivity index is 1.74. The summed E-state index contributed by atoms with van der Waals surface area (Å²) in [6, 6.07) is 15.8. The summed E-state index contributed by atoms with van der Waals surface area (Å²) in [5.41, 5.74) is 2.93. The summed E-state index contributed by atoms with van der Waals surface area (Å²) >= 11 is 0. The fourth-order valence-electron chi connectivity index (χ4n) is 3.79. The molecule has 0 aliphatic carbocycles. The molecule has 26 heavy (non-hydrogen) atoms. The number of ether oxygens (including phenoxy) is 1. The molecule has 0 radical (unpaired) electrons. The fraction of sp³-hybridized carbons (Fsp3) is 0.429. The standard InChI is InChI=1S/C21H27NO3S/c1-16-9-10-17(2)20(15-16)26(23,24)22-13-11-19(12-14-22)21(25-3)18-7-5-4-6-8-18/h4-10,15,19,21H,11-14H2,1-3H3. The molecule has 5 heteroatoms. The Morgan fingerprint density at radius 3 is 2.31 bits per heavy atom.